The van der Waals surface area contributed by atoms with Crippen LogP contribution in [-0.2, 0) is 0 Å². The molecule has 0 spiro atoms. The van der Waals surface area contributed by atoms with Crippen LogP contribution in [0, 0.1) is 11.8 Å². The van der Waals surface area contributed by atoms with Gasteiger partial charge in [0.2, 0.25) is 0 Å². The molecule has 0 amide bonds. The Morgan fingerprint density at radius 1 is 0.800 bits per heavy atom. The molecule has 0 aromatic carbocycles. The van der Waals surface area contributed by atoms with Gasteiger partial charge in [-0.1, -0.05) is 48.8 Å². The first-order valence-corrected chi connectivity index (χ1v) is 8.46. The molecule has 0 nitrogen and oxygen atoms in total. The van der Waals surface area contributed by atoms with E-state index in [2.05, 4.69) is 52.8 Å². The monoisotopic (exact) mass is 274 g/mol. The van der Waals surface area contributed by atoms with Crippen molar-refractivity contribution >= 4 is 0 Å². The molecule has 1 aliphatic rings. The first-order valence-electron chi connectivity index (χ1n) is 8.46. The van der Waals surface area contributed by atoms with Gasteiger partial charge < -0.3 is 0 Å². The SMILES string of the molecule is C/C1=C\CC/C(C)=C/C[C@H](C(C)C)CC/C(C)=C/CC1. The summed E-state index contributed by atoms with van der Waals surface area (Å²) in [6, 6.07) is 0. The Labute approximate surface area is 127 Å². The van der Waals surface area contributed by atoms with Crippen molar-refractivity contribution in [1.29, 1.82) is 0 Å². The van der Waals surface area contributed by atoms with Crippen LogP contribution < -0.4 is 0 Å². The third-order valence-corrected chi connectivity index (χ3v) is 4.68. The first-order chi connectivity index (χ1) is 9.49. The molecule has 0 aromatic rings. The highest BCUT2D eigenvalue weighted by Gasteiger charge is 2.12. The summed E-state index contributed by atoms with van der Waals surface area (Å²) in [6.45, 7) is 11.6. The number of allylic oxidation sites excluding steroid dienone is 6. The summed E-state index contributed by atoms with van der Waals surface area (Å²) in [5, 5.41) is 0. The fourth-order valence-corrected chi connectivity index (χ4v) is 2.89. The van der Waals surface area contributed by atoms with Crippen molar-refractivity contribution in [2.24, 2.45) is 11.8 Å². The van der Waals surface area contributed by atoms with Crippen LogP contribution in [0.3, 0.4) is 0 Å². The van der Waals surface area contributed by atoms with Crippen LogP contribution in [0.15, 0.2) is 34.9 Å². The quantitative estimate of drug-likeness (QED) is 0.459. The summed E-state index contributed by atoms with van der Waals surface area (Å²) >= 11 is 0. The first kappa shape index (κ1) is 17.3. The lowest BCUT2D eigenvalue weighted by molar-refractivity contribution is 0.362. The molecule has 1 rings (SSSR count). The normalized spacial score (nSPS) is 31.5. The number of rotatable bonds is 1. The van der Waals surface area contributed by atoms with E-state index in [1.165, 1.54) is 44.9 Å². The summed E-state index contributed by atoms with van der Waals surface area (Å²) in [7, 11) is 0. The molecule has 0 aliphatic heterocycles. The summed E-state index contributed by atoms with van der Waals surface area (Å²) in [5.74, 6) is 1.63. The molecule has 20 heavy (non-hydrogen) atoms. The van der Waals surface area contributed by atoms with Gasteiger partial charge in [-0.05, 0) is 77.6 Å². The average molecular weight is 274 g/mol. The maximum atomic E-state index is 2.50. The highest BCUT2D eigenvalue weighted by atomic mass is 14.2. The zero-order valence-corrected chi connectivity index (χ0v) is 14.3. The van der Waals surface area contributed by atoms with Gasteiger partial charge in [-0.2, -0.15) is 0 Å². The van der Waals surface area contributed by atoms with Gasteiger partial charge in [0.05, 0.1) is 0 Å². The lowest BCUT2D eigenvalue weighted by Crippen LogP contribution is -2.08. The van der Waals surface area contributed by atoms with Crippen LogP contribution >= 0.6 is 0 Å². The topological polar surface area (TPSA) is 0 Å². The zero-order chi connectivity index (χ0) is 15.0. The van der Waals surface area contributed by atoms with Gasteiger partial charge in [0.25, 0.3) is 0 Å². The lowest BCUT2D eigenvalue weighted by atomic mass is 9.86. The van der Waals surface area contributed by atoms with Crippen molar-refractivity contribution in [2.45, 2.75) is 79.6 Å². The van der Waals surface area contributed by atoms with Crippen molar-refractivity contribution in [3.8, 4) is 0 Å². The fourth-order valence-electron chi connectivity index (χ4n) is 2.89. The summed E-state index contributed by atoms with van der Waals surface area (Å²) in [4.78, 5) is 0. The minimum atomic E-state index is 0.793. The molecule has 0 bridgehead atoms. The van der Waals surface area contributed by atoms with Crippen molar-refractivity contribution in [3.63, 3.8) is 0 Å². The Hall–Kier alpha value is -0.780. The smallest absolute Gasteiger partial charge is 0.0288 e. The van der Waals surface area contributed by atoms with Crippen molar-refractivity contribution in [2.75, 3.05) is 0 Å². The molecule has 0 fully saturated rings. The second-order valence-electron chi connectivity index (χ2n) is 7.01. The fraction of sp³-hybridized carbons (Fsp3) is 0.700. The predicted molar refractivity (Wildman–Crippen MR) is 91.9 cm³/mol. The van der Waals surface area contributed by atoms with Crippen LogP contribution in [0.2, 0.25) is 0 Å². The van der Waals surface area contributed by atoms with E-state index >= 15 is 0 Å². The third kappa shape index (κ3) is 7.12. The maximum absolute atomic E-state index is 2.50. The van der Waals surface area contributed by atoms with E-state index in [-0.39, 0.29) is 0 Å². The highest BCUT2D eigenvalue weighted by Crippen LogP contribution is 2.25. The van der Waals surface area contributed by atoms with E-state index in [0.717, 1.165) is 11.8 Å². The third-order valence-electron chi connectivity index (χ3n) is 4.68. The highest BCUT2D eigenvalue weighted by molar-refractivity contribution is 5.07. The van der Waals surface area contributed by atoms with Crippen LogP contribution in [0.5, 0.6) is 0 Å². The number of hydrogen-bond donors (Lipinski definition) is 0. The molecule has 0 heteroatoms. The second-order valence-corrected chi connectivity index (χ2v) is 7.01. The molecule has 0 heterocycles. The Morgan fingerprint density at radius 2 is 1.30 bits per heavy atom. The molecule has 114 valence electrons. The van der Waals surface area contributed by atoms with Crippen LogP contribution in [0.25, 0.3) is 0 Å². The predicted octanol–water partition coefficient (Wildman–Crippen LogP) is 6.84. The molecule has 0 unspecified atom stereocenters. The van der Waals surface area contributed by atoms with Crippen molar-refractivity contribution in [1.82, 2.24) is 0 Å². The van der Waals surface area contributed by atoms with Crippen LogP contribution in [0.4, 0.5) is 0 Å². The molecular weight excluding hydrogens is 240 g/mol. The van der Waals surface area contributed by atoms with Crippen molar-refractivity contribution < 1.29 is 0 Å². The summed E-state index contributed by atoms with van der Waals surface area (Å²) in [5.41, 5.74) is 4.71. The molecular formula is C20H34. The van der Waals surface area contributed by atoms with Gasteiger partial charge in [0.1, 0.15) is 0 Å². The van der Waals surface area contributed by atoms with Gasteiger partial charge in [0, 0.05) is 0 Å². The molecule has 0 radical (unpaired) electrons. The maximum Gasteiger partial charge on any atom is -0.0288 e. The second kappa shape index (κ2) is 9.21. The Morgan fingerprint density at radius 3 is 1.85 bits per heavy atom. The van der Waals surface area contributed by atoms with E-state index in [0.29, 0.717) is 0 Å². The number of hydrogen-bond acceptors (Lipinski definition) is 0. The Bertz CT molecular complexity index is 365. The molecule has 0 aromatic heterocycles. The van der Waals surface area contributed by atoms with Gasteiger partial charge in [-0.3, -0.25) is 0 Å². The largest absolute Gasteiger partial charge is 0.0853 e. The summed E-state index contributed by atoms with van der Waals surface area (Å²) < 4.78 is 0. The molecule has 0 N–H and O–H groups in total. The van der Waals surface area contributed by atoms with Gasteiger partial charge in [-0.25, -0.2) is 0 Å². The standard InChI is InChI=1S/C20H34/c1-16(2)20-14-12-18(4)10-6-8-17(3)9-7-11-19(5)13-15-20/h8,11-12,16,20H,6-7,9-10,13-15H2,1-5H3/b17-8+,18-12+,19-11+/t20-/m0/s1. The van der Waals surface area contributed by atoms with E-state index in [4.69, 9.17) is 0 Å². The van der Waals surface area contributed by atoms with Gasteiger partial charge in [-0.15, -0.1) is 0 Å². The lowest BCUT2D eigenvalue weighted by Gasteiger charge is -2.20. The zero-order valence-electron chi connectivity index (χ0n) is 14.3. The molecule has 1 aliphatic carbocycles. The van der Waals surface area contributed by atoms with E-state index in [1.54, 1.807) is 16.7 Å². The average Bonchev–Trinajstić information content (AvgIpc) is 2.37. The molecule has 1 atom stereocenters. The Balaban J connectivity index is 2.75. The molecule has 0 saturated heterocycles. The van der Waals surface area contributed by atoms with E-state index in [1.807, 2.05) is 0 Å². The minimum absolute atomic E-state index is 0.793. The van der Waals surface area contributed by atoms with Crippen LogP contribution in [0.1, 0.15) is 79.6 Å². The Kier molecular flexibility index (Phi) is 7.95. The summed E-state index contributed by atoms with van der Waals surface area (Å²) in [6.07, 6.45) is 16.2. The minimum Gasteiger partial charge on any atom is -0.0853 e. The van der Waals surface area contributed by atoms with Gasteiger partial charge >= 0.3 is 0 Å². The molecule has 0 saturated carbocycles. The van der Waals surface area contributed by atoms with Gasteiger partial charge in [0.15, 0.2) is 0 Å². The van der Waals surface area contributed by atoms with E-state index < -0.39 is 0 Å². The van der Waals surface area contributed by atoms with Crippen molar-refractivity contribution in [3.05, 3.63) is 34.9 Å². The van der Waals surface area contributed by atoms with Crippen LogP contribution in [-0.4, -0.2) is 0 Å². The van der Waals surface area contributed by atoms with E-state index in [9.17, 15) is 0 Å².